The first kappa shape index (κ1) is 15.1. The molecule has 1 aliphatic carbocycles. The van der Waals surface area contributed by atoms with E-state index in [0.717, 1.165) is 59.4 Å². The highest BCUT2D eigenvalue weighted by Gasteiger charge is 2.18. The summed E-state index contributed by atoms with van der Waals surface area (Å²) in [7, 11) is 0. The Balaban J connectivity index is 1.58. The maximum absolute atomic E-state index is 5.98. The number of fused-ring (bicyclic) bond motifs is 1. The molecule has 0 atom stereocenters. The number of nitrogens with one attached hydrogen (secondary N) is 2. The van der Waals surface area contributed by atoms with Crippen LogP contribution < -0.4 is 11.1 Å². The third kappa shape index (κ3) is 2.97. The van der Waals surface area contributed by atoms with Crippen molar-refractivity contribution in [3.8, 4) is 11.3 Å². The van der Waals surface area contributed by atoms with Crippen LogP contribution >= 0.6 is 0 Å². The second kappa shape index (κ2) is 6.20. The fourth-order valence-corrected chi connectivity index (χ4v) is 3.34. The number of anilines is 1. The molecule has 1 fully saturated rings. The second-order valence-corrected chi connectivity index (χ2v) is 6.63. The molecule has 1 saturated carbocycles. The summed E-state index contributed by atoms with van der Waals surface area (Å²) in [4.78, 5) is 9.10. The Labute approximate surface area is 140 Å². The van der Waals surface area contributed by atoms with Gasteiger partial charge in [-0.3, -0.25) is 10.1 Å². The lowest BCUT2D eigenvalue weighted by Gasteiger charge is -2.27. The molecule has 4 rings (SSSR count). The van der Waals surface area contributed by atoms with Crippen molar-refractivity contribution < 1.29 is 0 Å². The number of nitrogens with two attached hydrogens (primary N) is 1. The molecule has 3 aromatic rings. The molecule has 6 nitrogen and oxygen atoms in total. The van der Waals surface area contributed by atoms with Gasteiger partial charge in [-0.25, -0.2) is 4.98 Å². The number of hydrogen-bond donors (Lipinski definition) is 3. The topological polar surface area (TPSA) is 92.5 Å². The van der Waals surface area contributed by atoms with Crippen LogP contribution in [0.1, 0.15) is 31.4 Å². The molecular weight excluding hydrogens is 300 g/mol. The van der Waals surface area contributed by atoms with E-state index in [4.69, 9.17) is 10.7 Å². The molecule has 0 bridgehead atoms. The SMILES string of the molecule is Cc1[nH]nc2ccc(-c3cncc(NC4CCC(N)CC4)n3)cc12. The number of rotatable bonds is 3. The van der Waals surface area contributed by atoms with Crippen LogP contribution in [0, 0.1) is 6.92 Å². The predicted octanol–water partition coefficient (Wildman–Crippen LogP) is 3.01. The molecule has 1 aliphatic rings. The average Bonchev–Trinajstić information content (AvgIpc) is 2.98. The highest BCUT2D eigenvalue weighted by atomic mass is 15.1. The Morgan fingerprint density at radius 2 is 2.00 bits per heavy atom. The number of hydrogen-bond acceptors (Lipinski definition) is 5. The van der Waals surface area contributed by atoms with Gasteiger partial charge in [0, 0.05) is 28.7 Å². The quantitative estimate of drug-likeness (QED) is 0.689. The number of H-pyrrole nitrogens is 1. The summed E-state index contributed by atoms with van der Waals surface area (Å²) in [5.41, 5.74) is 9.93. The molecule has 6 heteroatoms. The minimum absolute atomic E-state index is 0.352. The minimum Gasteiger partial charge on any atom is -0.366 e. The van der Waals surface area contributed by atoms with E-state index in [2.05, 4.69) is 26.6 Å². The monoisotopic (exact) mass is 322 g/mol. The third-order valence-corrected chi connectivity index (χ3v) is 4.80. The highest BCUT2D eigenvalue weighted by molar-refractivity contribution is 5.85. The van der Waals surface area contributed by atoms with E-state index in [0.29, 0.717) is 12.1 Å². The molecule has 24 heavy (non-hydrogen) atoms. The number of benzene rings is 1. The Bertz CT molecular complexity index is 848. The van der Waals surface area contributed by atoms with E-state index in [1.54, 1.807) is 12.4 Å². The molecule has 124 valence electrons. The van der Waals surface area contributed by atoms with Crippen LogP contribution in [0.2, 0.25) is 0 Å². The van der Waals surface area contributed by atoms with Crippen molar-refractivity contribution >= 4 is 16.7 Å². The molecule has 2 heterocycles. The van der Waals surface area contributed by atoms with Gasteiger partial charge in [0.15, 0.2) is 0 Å². The number of nitrogens with zero attached hydrogens (tertiary/aromatic N) is 3. The molecule has 0 unspecified atom stereocenters. The average molecular weight is 322 g/mol. The van der Waals surface area contributed by atoms with Crippen molar-refractivity contribution in [2.75, 3.05) is 5.32 Å². The van der Waals surface area contributed by atoms with Crippen molar-refractivity contribution in [3.05, 3.63) is 36.3 Å². The standard InChI is InChI=1S/C18H22N6/c1-11-15-8-12(2-7-16(15)24-23-11)17-9-20-10-18(22-17)21-14-5-3-13(19)4-6-14/h2,7-10,13-14H,3-6,19H2,1H3,(H,21,22)(H,23,24). The van der Waals surface area contributed by atoms with Gasteiger partial charge in [-0.15, -0.1) is 0 Å². The number of aromatic amines is 1. The molecule has 1 aromatic carbocycles. The molecule has 0 radical (unpaired) electrons. The van der Waals surface area contributed by atoms with Crippen LogP contribution in [-0.4, -0.2) is 32.2 Å². The van der Waals surface area contributed by atoms with Crippen molar-refractivity contribution in [1.82, 2.24) is 20.2 Å². The number of aryl methyl sites for hydroxylation is 1. The summed E-state index contributed by atoms with van der Waals surface area (Å²) >= 11 is 0. The first-order chi connectivity index (χ1) is 11.7. The first-order valence-corrected chi connectivity index (χ1v) is 8.48. The van der Waals surface area contributed by atoms with E-state index in [9.17, 15) is 0 Å². The van der Waals surface area contributed by atoms with Gasteiger partial charge in [0.05, 0.1) is 23.6 Å². The van der Waals surface area contributed by atoms with Crippen molar-refractivity contribution in [3.63, 3.8) is 0 Å². The molecule has 0 aliphatic heterocycles. The number of aromatic nitrogens is 4. The van der Waals surface area contributed by atoms with Gasteiger partial charge in [0.1, 0.15) is 5.82 Å². The lowest BCUT2D eigenvalue weighted by atomic mass is 9.92. The van der Waals surface area contributed by atoms with Crippen LogP contribution in [0.3, 0.4) is 0 Å². The zero-order valence-electron chi connectivity index (χ0n) is 13.8. The molecular formula is C18H22N6. The Kier molecular flexibility index (Phi) is 3.90. The maximum atomic E-state index is 5.98. The van der Waals surface area contributed by atoms with Gasteiger partial charge in [-0.05, 0) is 44.7 Å². The van der Waals surface area contributed by atoms with E-state index in [1.807, 2.05) is 19.1 Å². The highest BCUT2D eigenvalue weighted by Crippen LogP contribution is 2.25. The Morgan fingerprint density at radius 3 is 2.83 bits per heavy atom. The lowest BCUT2D eigenvalue weighted by molar-refractivity contribution is 0.410. The van der Waals surface area contributed by atoms with E-state index < -0.39 is 0 Å². The zero-order valence-corrected chi connectivity index (χ0v) is 13.8. The maximum Gasteiger partial charge on any atom is 0.145 e. The third-order valence-electron chi connectivity index (χ3n) is 4.80. The van der Waals surface area contributed by atoms with Gasteiger partial charge >= 0.3 is 0 Å². The van der Waals surface area contributed by atoms with Crippen molar-refractivity contribution in [2.24, 2.45) is 5.73 Å². The summed E-state index contributed by atoms with van der Waals surface area (Å²) in [6, 6.07) is 6.95. The minimum atomic E-state index is 0.352. The van der Waals surface area contributed by atoms with Crippen LogP contribution in [0.5, 0.6) is 0 Å². The van der Waals surface area contributed by atoms with E-state index in [-0.39, 0.29) is 0 Å². The molecule has 0 spiro atoms. The summed E-state index contributed by atoms with van der Waals surface area (Å²) in [6.07, 6.45) is 7.92. The Morgan fingerprint density at radius 1 is 1.17 bits per heavy atom. The summed E-state index contributed by atoms with van der Waals surface area (Å²) in [6.45, 7) is 2.02. The molecule has 0 saturated heterocycles. The van der Waals surface area contributed by atoms with Gasteiger partial charge < -0.3 is 11.1 Å². The normalized spacial score (nSPS) is 21.1. The van der Waals surface area contributed by atoms with Gasteiger partial charge in [-0.2, -0.15) is 5.10 Å². The molecule has 2 aromatic heterocycles. The molecule has 4 N–H and O–H groups in total. The van der Waals surface area contributed by atoms with E-state index in [1.165, 1.54) is 0 Å². The second-order valence-electron chi connectivity index (χ2n) is 6.63. The fraction of sp³-hybridized carbons (Fsp3) is 0.389. The van der Waals surface area contributed by atoms with Crippen LogP contribution in [0.4, 0.5) is 5.82 Å². The summed E-state index contributed by atoms with van der Waals surface area (Å²) in [5, 5.41) is 11.9. The largest absolute Gasteiger partial charge is 0.366 e. The van der Waals surface area contributed by atoms with Crippen LogP contribution in [-0.2, 0) is 0 Å². The van der Waals surface area contributed by atoms with Gasteiger partial charge in [-0.1, -0.05) is 6.07 Å². The van der Waals surface area contributed by atoms with Crippen molar-refractivity contribution in [1.29, 1.82) is 0 Å². The Hall–Kier alpha value is -2.47. The van der Waals surface area contributed by atoms with Crippen molar-refractivity contribution in [2.45, 2.75) is 44.7 Å². The summed E-state index contributed by atoms with van der Waals surface area (Å²) < 4.78 is 0. The predicted molar refractivity (Wildman–Crippen MR) is 95.7 cm³/mol. The zero-order chi connectivity index (χ0) is 16.5. The molecule has 0 amide bonds. The summed E-state index contributed by atoms with van der Waals surface area (Å²) in [5.74, 6) is 0.831. The fourth-order valence-electron chi connectivity index (χ4n) is 3.34. The first-order valence-electron chi connectivity index (χ1n) is 8.48. The van der Waals surface area contributed by atoms with Gasteiger partial charge in [0.25, 0.3) is 0 Å². The smallest absolute Gasteiger partial charge is 0.145 e. The van der Waals surface area contributed by atoms with Gasteiger partial charge in [0.2, 0.25) is 0 Å². The lowest BCUT2D eigenvalue weighted by Crippen LogP contribution is -2.33. The van der Waals surface area contributed by atoms with E-state index >= 15 is 0 Å². The van der Waals surface area contributed by atoms with Crippen LogP contribution in [0.25, 0.3) is 22.2 Å². The van der Waals surface area contributed by atoms with Crippen LogP contribution in [0.15, 0.2) is 30.6 Å².